The van der Waals surface area contributed by atoms with Gasteiger partial charge < -0.3 is 13.9 Å². The van der Waals surface area contributed by atoms with E-state index in [-0.39, 0.29) is 71.5 Å². The molecule has 0 atom stereocenters. The number of pyridine rings is 1. The molecule has 0 unspecified atom stereocenters. The normalized spacial score (nSPS) is 13.4. The Bertz CT molecular complexity index is 4240. The molecule has 0 N–H and O–H groups in total. The number of nitrogens with zero attached hydrogens (tertiary/aromatic N) is 6. The van der Waals surface area contributed by atoms with Crippen LogP contribution < -0.4 is 9.30 Å². The average molecular weight is 1070 g/mol. The molecule has 0 bridgehead atoms. The fraction of sp³-hybridized carbons (Fsp3) is 0.0667. The van der Waals surface area contributed by atoms with Gasteiger partial charge in [0.2, 0.25) is 0 Å². The maximum atomic E-state index is 9.13. The quantitative estimate of drug-likeness (QED) is 0.112. The molecule has 0 aliphatic rings. The Hall–Kier alpha value is -8.35. The van der Waals surface area contributed by atoms with E-state index in [9.17, 15) is 0 Å². The summed E-state index contributed by atoms with van der Waals surface area (Å²) in [4.78, 5) is 12.0. The van der Waals surface area contributed by atoms with Crippen molar-refractivity contribution in [3.63, 3.8) is 0 Å². The van der Waals surface area contributed by atoms with E-state index in [4.69, 9.17) is 36.6 Å². The Labute approximate surface area is 423 Å². The summed E-state index contributed by atoms with van der Waals surface area (Å²) in [6.45, 7) is 22.0. The summed E-state index contributed by atoms with van der Waals surface area (Å²) in [6.07, 6.45) is 5.23. The van der Waals surface area contributed by atoms with Gasteiger partial charge in [-0.1, -0.05) is 153 Å². The van der Waals surface area contributed by atoms with Crippen LogP contribution in [-0.2, 0) is 26.5 Å². The summed E-state index contributed by atoms with van der Waals surface area (Å²) in [5.41, 5.74) is 5.43. The molecule has 328 valence electrons. The zero-order chi connectivity index (χ0) is 54.4. The van der Waals surface area contributed by atoms with Crippen LogP contribution in [0, 0.1) is 31.6 Å². The van der Waals surface area contributed by atoms with Gasteiger partial charge in [-0.2, -0.15) is 18.2 Å². The predicted molar refractivity (Wildman–Crippen MR) is 267 cm³/mol. The zero-order valence-electron chi connectivity index (χ0n) is 46.5. The third kappa shape index (κ3) is 7.94. The van der Waals surface area contributed by atoms with E-state index in [0.29, 0.717) is 33.6 Å². The van der Waals surface area contributed by atoms with Gasteiger partial charge in [-0.25, -0.2) is 14.7 Å². The largest absolute Gasteiger partial charge is 0.510 e. The Morgan fingerprint density at radius 2 is 1.31 bits per heavy atom. The van der Waals surface area contributed by atoms with Gasteiger partial charge in [0.15, 0.2) is 11.4 Å². The van der Waals surface area contributed by atoms with Gasteiger partial charge in [0.1, 0.15) is 5.82 Å². The fourth-order valence-electron chi connectivity index (χ4n) is 8.40. The summed E-state index contributed by atoms with van der Waals surface area (Å²) in [5, 5.41) is 1.96. The first kappa shape index (κ1) is 33.2. The van der Waals surface area contributed by atoms with Gasteiger partial charge in [-0.3, -0.25) is 4.57 Å². The SMILES string of the molecule is [2H]c1c([2H])c([2H])c(-c2cccc(-c3c([2H])c([2H])c([2H])c([2H])c3[2H])c2-[n+]2[c-]n(-c3[c-]c(Oc4[c-]c5c(cc4)c4ccccc4n5-c4cc(C(C)(C)C)ccn4)ccc3)c3cc(-c4cc([N+]#[C-])cc([N+]#[C-])c4)ccc32)c([2H])c1[2H].[Pt]. The molecule has 0 saturated heterocycles. The van der Waals surface area contributed by atoms with Crippen LogP contribution in [0.1, 0.15) is 40.0 Å². The summed E-state index contributed by atoms with van der Waals surface area (Å²) < 4.78 is 99.9. The first-order valence-corrected chi connectivity index (χ1v) is 21.2. The monoisotopic (exact) mass is 1070 g/mol. The molecule has 11 aromatic rings. The van der Waals surface area contributed by atoms with Gasteiger partial charge in [0.05, 0.1) is 43.6 Å². The van der Waals surface area contributed by atoms with Crippen molar-refractivity contribution in [3.05, 3.63) is 235 Å². The van der Waals surface area contributed by atoms with Crippen LogP contribution in [0.4, 0.5) is 11.4 Å². The van der Waals surface area contributed by atoms with E-state index in [1.807, 2.05) is 48.7 Å². The third-order valence-corrected chi connectivity index (χ3v) is 11.6. The van der Waals surface area contributed by atoms with E-state index in [2.05, 4.69) is 65.6 Å². The van der Waals surface area contributed by atoms with Crippen molar-refractivity contribution >= 4 is 44.2 Å². The van der Waals surface area contributed by atoms with Crippen molar-refractivity contribution in [2.24, 2.45) is 0 Å². The standard InChI is InChI=1S/C60H40N6O.Pt/c1-60(2,3)44-30-31-63-58(35-44)66-54-25-13-12-22-52(54)53-28-27-49(38-56(53)66)67-48-21-14-20-47(37-48)64-39-65(55-29-26-42(34-57(55)64)43-32-45(61-4)36-46(33-43)62-5)59-50(40-16-8-6-9-17-40)23-15-24-51(59)41-18-10-7-11-19-41;/h6-36H,1-3H3;/q-2;/i6D,7D,8D,9D,10D,11D,16D,17D,18D,19D;. The zero-order valence-corrected chi connectivity index (χ0v) is 38.8. The molecule has 0 aliphatic heterocycles. The summed E-state index contributed by atoms with van der Waals surface area (Å²) in [5.74, 6) is 1.39. The van der Waals surface area contributed by atoms with Crippen molar-refractivity contribution in [2.45, 2.75) is 26.2 Å². The summed E-state index contributed by atoms with van der Waals surface area (Å²) >= 11 is 0. The molecular weight excluding hydrogens is 1020 g/mol. The molecule has 3 heterocycles. The first-order chi connectivity index (χ1) is 36.9. The van der Waals surface area contributed by atoms with Crippen LogP contribution >= 0.6 is 0 Å². The van der Waals surface area contributed by atoms with E-state index in [1.165, 1.54) is 12.1 Å². The molecule has 8 aromatic carbocycles. The molecule has 0 aliphatic carbocycles. The molecule has 0 spiro atoms. The summed E-state index contributed by atoms with van der Waals surface area (Å²) in [7, 11) is 0. The second kappa shape index (κ2) is 17.8. The number of rotatable bonds is 8. The number of benzene rings is 8. The molecule has 3 aromatic heterocycles. The average Bonchev–Trinajstić information content (AvgIpc) is 4.20. The van der Waals surface area contributed by atoms with Gasteiger partial charge >= 0.3 is 0 Å². The molecular formula is C60H40N6OPt-2. The maximum Gasteiger partial charge on any atom is 0.268 e. The van der Waals surface area contributed by atoms with Gasteiger partial charge in [0.25, 0.3) is 6.33 Å². The van der Waals surface area contributed by atoms with Crippen LogP contribution in [0.15, 0.2) is 188 Å². The Kier molecular flexibility index (Phi) is 8.68. The molecule has 0 fully saturated rings. The maximum absolute atomic E-state index is 9.13. The molecule has 8 heteroatoms. The molecule has 0 saturated carbocycles. The molecule has 0 amide bonds. The van der Waals surface area contributed by atoms with Gasteiger partial charge in [-0.15, -0.1) is 29.7 Å². The molecule has 68 heavy (non-hydrogen) atoms. The Balaban J connectivity index is 0.00000688. The topological polar surface area (TPSA) is 44.6 Å². The second-order valence-corrected chi connectivity index (χ2v) is 16.7. The minimum atomic E-state index is -0.612. The molecule has 11 rings (SSSR count). The van der Waals surface area contributed by atoms with Crippen molar-refractivity contribution in [1.82, 2.24) is 14.1 Å². The number of fused-ring (bicyclic) bond motifs is 4. The van der Waals surface area contributed by atoms with Crippen molar-refractivity contribution in [1.29, 1.82) is 0 Å². The van der Waals surface area contributed by atoms with E-state index < -0.39 is 60.4 Å². The first-order valence-electron chi connectivity index (χ1n) is 26.2. The van der Waals surface area contributed by atoms with Crippen LogP contribution in [0.5, 0.6) is 11.5 Å². The minimum absolute atomic E-state index is 0. The van der Waals surface area contributed by atoms with Crippen LogP contribution in [0.25, 0.3) is 93.1 Å². The van der Waals surface area contributed by atoms with Gasteiger partial charge in [0, 0.05) is 44.3 Å². The number of imidazole rings is 1. The second-order valence-electron chi connectivity index (χ2n) is 16.7. The number of ether oxygens (including phenoxy) is 1. The van der Waals surface area contributed by atoms with Crippen LogP contribution in [0.3, 0.4) is 0 Å². The third-order valence-electron chi connectivity index (χ3n) is 11.6. The Morgan fingerprint density at radius 3 is 2.00 bits per heavy atom. The number of para-hydroxylation sites is 2. The van der Waals surface area contributed by atoms with Crippen molar-refractivity contribution < 1.29 is 44.1 Å². The van der Waals surface area contributed by atoms with Gasteiger partial charge in [-0.05, 0) is 79.7 Å². The predicted octanol–water partition coefficient (Wildman–Crippen LogP) is 15.0. The van der Waals surface area contributed by atoms with E-state index in [0.717, 1.165) is 33.2 Å². The minimum Gasteiger partial charge on any atom is -0.510 e. The van der Waals surface area contributed by atoms with Crippen molar-refractivity contribution in [2.75, 3.05) is 0 Å². The van der Waals surface area contributed by atoms with Crippen molar-refractivity contribution in [3.8, 4) is 62.1 Å². The van der Waals surface area contributed by atoms with Crippen LogP contribution in [0.2, 0.25) is 0 Å². The fourth-order valence-corrected chi connectivity index (χ4v) is 8.40. The summed E-state index contributed by atoms with van der Waals surface area (Å²) in [6, 6.07) is 37.3. The van der Waals surface area contributed by atoms with E-state index >= 15 is 0 Å². The molecule has 0 radical (unpaired) electrons. The van der Waals surface area contributed by atoms with Crippen LogP contribution in [-0.4, -0.2) is 14.1 Å². The number of hydrogen-bond acceptors (Lipinski definition) is 2. The smallest absolute Gasteiger partial charge is 0.268 e. The Morgan fingerprint density at radius 1 is 0.632 bits per heavy atom. The number of aromatic nitrogens is 4. The number of hydrogen-bond donors (Lipinski definition) is 0. The molecule has 7 nitrogen and oxygen atoms in total. The van der Waals surface area contributed by atoms with E-state index in [1.54, 1.807) is 63.7 Å².